The molecule has 0 radical (unpaired) electrons. The van der Waals surface area contributed by atoms with Gasteiger partial charge in [0.2, 0.25) is 0 Å². The summed E-state index contributed by atoms with van der Waals surface area (Å²) in [5.41, 5.74) is 2.63. The molecular formula is C18H30N8O. The third kappa shape index (κ3) is 4.36. The third-order valence-corrected chi connectivity index (χ3v) is 5.58. The van der Waals surface area contributed by atoms with Crippen LogP contribution < -0.4 is 0 Å². The summed E-state index contributed by atoms with van der Waals surface area (Å²) in [5.74, 6) is 1.43. The number of piperidine rings is 1. The summed E-state index contributed by atoms with van der Waals surface area (Å²) in [4.78, 5) is 4.92. The smallest absolute Gasteiger partial charge is 0.165 e. The summed E-state index contributed by atoms with van der Waals surface area (Å²) in [5, 5.41) is 19.9. The maximum atomic E-state index is 5.47. The lowest BCUT2D eigenvalue weighted by Crippen LogP contribution is -2.37. The molecule has 4 heterocycles. The highest BCUT2D eigenvalue weighted by atomic mass is 16.5. The van der Waals surface area contributed by atoms with Crippen LogP contribution in [0, 0.1) is 0 Å². The maximum Gasteiger partial charge on any atom is 0.165 e. The van der Waals surface area contributed by atoms with Crippen molar-refractivity contribution in [2.45, 2.75) is 51.7 Å². The van der Waals surface area contributed by atoms with E-state index in [-0.39, 0.29) is 6.04 Å². The second-order valence-electron chi connectivity index (χ2n) is 7.91. The molecule has 2 saturated heterocycles. The molecule has 0 bridgehead atoms. The van der Waals surface area contributed by atoms with Gasteiger partial charge < -0.3 is 4.74 Å². The van der Waals surface area contributed by atoms with Crippen molar-refractivity contribution in [2.24, 2.45) is 0 Å². The fourth-order valence-corrected chi connectivity index (χ4v) is 4.15. The van der Waals surface area contributed by atoms with E-state index in [1.54, 1.807) is 0 Å². The Labute approximate surface area is 160 Å². The van der Waals surface area contributed by atoms with Crippen molar-refractivity contribution in [1.82, 2.24) is 40.2 Å². The van der Waals surface area contributed by atoms with Gasteiger partial charge in [0.05, 0.1) is 32.0 Å². The Morgan fingerprint density at radius 2 is 2.04 bits per heavy atom. The average molecular weight is 374 g/mol. The fraction of sp³-hybridized carbons (Fsp3) is 0.778. The number of aromatic nitrogens is 6. The number of aromatic amines is 1. The van der Waals surface area contributed by atoms with Gasteiger partial charge in [-0.15, -0.1) is 5.10 Å². The Hall–Kier alpha value is -1.84. The lowest BCUT2D eigenvalue weighted by Gasteiger charge is -2.33. The summed E-state index contributed by atoms with van der Waals surface area (Å²) < 4.78 is 7.39. The highest BCUT2D eigenvalue weighted by Crippen LogP contribution is 2.29. The van der Waals surface area contributed by atoms with E-state index in [0.717, 1.165) is 58.3 Å². The van der Waals surface area contributed by atoms with Crippen molar-refractivity contribution >= 4 is 0 Å². The van der Waals surface area contributed by atoms with Gasteiger partial charge in [0.15, 0.2) is 5.82 Å². The molecule has 148 valence electrons. The zero-order valence-corrected chi connectivity index (χ0v) is 16.3. The lowest BCUT2D eigenvalue weighted by atomic mass is 9.92. The normalized spacial score (nSPS) is 22.6. The van der Waals surface area contributed by atoms with Crippen molar-refractivity contribution in [3.63, 3.8) is 0 Å². The monoisotopic (exact) mass is 374 g/mol. The minimum absolute atomic E-state index is 0.281. The molecule has 1 N–H and O–H groups in total. The second kappa shape index (κ2) is 8.45. The van der Waals surface area contributed by atoms with Gasteiger partial charge in [-0.3, -0.25) is 14.9 Å². The number of ether oxygens (including phenoxy) is 1. The predicted octanol–water partition coefficient (Wildman–Crippen LogP) is 1.19. The molecule has 1 unspecified atom stereocenters. The summed E-state index contributed by atoms with van der Waals surface area (Å²) in [7, 11) is 0. The van der Waals surface area contributed by atoms with Crippen LogP contribution >= 0.6 is 0 Å². The Bertz CT molecular complexity index is 721. The number of rotatable bonds is 6. The molecular weight excluding hydrogens is 344 g/mol. The lowest BCUT2D eigenvalue weighted by molar-refractivity contribution is 0.0339. The zero-order chi connectivity index (χ0) is 18.6. The molecule has 2 aromatic heterocycles. The van der Waals surface area contributed by atoms with E-state index in [1.807, 2.05) is 10.9 Å². The van der Waals surface area contributed by atoms with Gasteiger partial charge in [-0.05, 0) is 43.7 Å². The first-order valence-corrected chi connectivity index (χ1v) is 10.0. The van der Waals surface area contributed by atoms with Crippen LogP contribution in [0.4, 0.5) is 0 Å². The van der Waals surface area contributed by atoms with E-state index in [1.165, 1.54) is 24.1 Å². The first kappa shape index (κ1) is 18.5. The second-order valence-corrected chi connectivity index (χ2v) is 7.91. The number of hydrogen-bond acceptors (Lipinski definition) is 7. The number of nitrogens with one attached hydrogen (secondary N) is 1. The van der Waals surface area contributed by atoms with Crippen molar-refractivity contribution < 1.29 is 4.74 Å². The Balaban J connectivity index is 1.41. The van der Waals surface area contributed by atoms with Gasteiger partial charge in [0, 0.05) is 43.4 Å². The Morgan fingerprint density at radius 1 is 1.19 bits per heavy atom. The highest BCUT2D eigenvalue weighted by molar-refractivity contribution is 5.21. The van der Waals surface area contributed by atoms with Crippen molar-refractivity contribution in [3.8, 4) is 0 Å². The zero-order valence-electron chi connectivity index (χ0n) is 16.3. The van der Waals surface area contributed by atoms with Crippen LogP contribution in [-0.4, -0.2) is 79.6 Å². The van der Waals surface area contributed by atoms with E-state index in [0.29, 0.717) is 5.92 Å². The first-order valence-electron chi connectivity index (χ1n) is 10.0. The van der Waals surface area contributed by atoms with Crippen molar-refractivity contribution in [2.75, 3.05) is 39.4 Å². The van der Waals surface area contributed by atoms with Gasteiger partial charge in [-0.2, -0.15) is 5.10 Å². The average Bonchev–Trinajstić information content (AvgIpc) is 3.32. The summed E-state index contributed by atoms with van der Waals surface area (Å²) in [6.07, 6.45) is 4.39. The predicted molar refractivity (Wildman–Crippen MR) is 100 cm³/mol. The Kier molecular flexibility index (Phi) is 5.80. The van der Waals surface area contributed by atoms with Gasteiger partial charge in [0.25, 0.3) is 0 Å². The van der Waals surface area contributed by atoms with E-state index in [4.69, 9.17) is 4.74 Å². The maximum absolute atomic E-state index is 5.47. The van der Waals surface area contributed by atoms with E-state index in [9.17, 15) is 0 Å². The third-order valence-electron chi connectivity index (χ3n) is 5.58. The van der Waals surface area contributed by atoms with Crippen LogP contribution in [0.5, 0.6) is 0 Å². The molecule has 0 aliphatic carbocycles. The number of tetrazole rings is 1. The molecule has 0 spiro atoms. The van der Waals surface area contributed by atoms with Gasteiger partial charge in [0.1, 0.15) is 0 Å². The first-order chi connectivity index (χ1) is 13.2. The number of nitrogens with zero attached hydrogens (tertiary/aromatic N) is 7. The van der Waals surface area contributed by atoms with Crippen LogP contribution in [0.25, 0.3) is 0 Å². The van der Waals surface area contributed by atoms with Gasteiger partial charge in [-0.1, -0.05) is 0 Å². The fourth-order valence-electron chi connectivity index (χ4n) is 4.15. The van der Waals surface area contributed by atoms with Crippen molar-refractivity contribution in [1.29, 1.82) is 0 Å². The molecule has 0 aromatic carbocycles. The quantitative estimate of drug-likeness (QED) is 0.812. The van der Waals surface area contributed by atoms with Crippen LogP contribution in [0.1, 0.15) is 55.7 Å². The topological polar surface area (TPSA) is 88.0 Å². The largest absolute Gasteiger partial charge is 0.379 e. The van der Waals surface area contributed by atoms with E-state index >= 15 is 0 Å². The van der Waals surface area contributed by atoms with E-state index < -0.39 is 0 Å². The van der Waals surface area contributed by atoms with E-state index in [2.05, 4.69) is 49.4 Å². The summed E-state index contributed by atoms with van der Waals surface area (Å²) in [6.45, 7) is 11.7. The van der Waals surface area contributed by atoms with Crippen LogP contribution in [-0.2, 0) is 17.8 Å². The molecule has 2 aliphatic heterocycles. The molecule has 9 heteroatoms. The standard InChI is InChI=1S/C18H30N8O/c1-14(2)26-17(20-22-23-26)13-25-5-3-4-15(11-25)18-16(10-19-21-18)12-24-6-8-27-9-7-24/h10,14-15H,3-9,11-13H2,1-2H3,(H,19,21). The molecule has 1 atom stereocenters. The molecule has 2 aliphatic rings. The Morgan fingerprint density at radius 3 is 2.85 bits per heavy atom. The van der Waals surface area contributed by atoms with Crippen LogP contribution in [0.2, 0.25) is 0 Å². The van der Waals surface area contributed by atoms with Crippen molar-refractivity contribution in [3.05, 3.63) is 23.3 Å². The highest BCUT2D eigenvalue weighted by Gasteiger charge is 2.27. The molecule has 2 fully saturated rings. The minimum atomic E-state index is 0.281. The molecule has 9 nitrogen and oxygen atoms in total. The van der Waals surface area contributed by atoms with Crippen LogP contribution in [0.15, 0.2) is 6.20 Å². The number of H-pyrrole nitrogens is 1. The molecule has 2 aromatic rings. The number of likely N-dealkylation sites (tertiary alicyclic amines) is 1. The number of morpholine rings is 1. The van der Waals surface area contributed by atoms with Gasteiger partial charge >= 0.3 is 0 Å². The SMILES string of the molecule is CC(C)n1nnnc1CN1CCCC(c2[nH]ncc2CN2CCOCC2)C1. The molecule has 4 rings (SSSR count). The minimum Gasteiger partial charge on any atom is -0.379 e. The van der Waals surface area contributed by atoms with Gasteiger partial charge in [-0.25, -0.2) is 4.68 Å². The molecule has 0 saturated carbocycles. The summed E-state index contributed by atoms with van der Waals surface area (Å²) >= 11 is 0. The summed E-state index contributed by atoms with van der Waals surface area (Å²) in [6, 6.07) is 0.281. The number of hydrogen-bond donors (Lipinski definition) is 1. The molecule has 0 amide bonds. The molecule has 27 heavy (non-hydrogen) atoms. The van der Waals surface area contributed by atoms with Crippen LogP contribution in [0.3, 0.4) is 0 Å².